The largest absolute Gasteiger partial charge is 0.528 e. The molecule has 0 bridgehead atoms. The molecule has 1 aliphatic heterocycles. The van der Waals surface area contributed by atoms with E-state index in [0.717, 1.165) is 35.0 Å². The number of carbonyl (C=O) groups is 2. The van der Waals surface area contributed by atoms with Crippen LogP contribution in [0.5, 0.6) is 5.75 Å². The maximum absolute atomic E-state index is 11.8. The lowest BCUT2D eigenvalue weighted by atomic mass is 9.99. The molecule has 1 fully saturated rings. The maximum Gasteiger partial charge on any atom is 0.528 e. The summed E-state index contributed by atoms with van der Waals surface area (Å²) in [5, 5.41) is 7.48. The highest BCUT2D eigenvalue weighted by atomic mass is 32.1. The first-order valence-corrected chi connectivity index (χ1v) is 11.2. The first-order valence-electron chi connectivity index (χ1n) is 10.3. The van der Waals surface area contributed by atoms with Crippen LogP contribution in [0.3, 0.4) is 0 Å². The number of ether oxygens (including phenoxy) is 2. The van der Waals surface area contributed by atoms with Crippen molar-refractivity contribution < 1.29 is 23.9 Å². The molecule has 31 heavy (non-hydrogen) atoms. The van der Waals surface area contributed by atoms with Crippen LogP contribution in [0.2, 0.25) is 0 Å². The van der Waals surface area contributed by atoms with Gasteiger partial charge in [-0.05, 0) is 57.9 Å². The van der Waals surface area contributed by atoms with Gasteiger partial charge in [0.05, 0.1) is 10.7 Å². The molecule has 2 heterocycles. The lowest BCUT2D eigenvalue weighted by molar-refractivity contribution is -0.152. The number of amides is 1. The van der Waals surface area contributed by atoms with Crippen LogP contribution in [-0.4, -0.2) is 40.8 Å². The fourth-order valence-corrected chi connectivity index (χ4v) is 4.12. The maximum atomic E-state index is 11.8. The van der Waals surface area contributed by atoms with Crippen molar-refractivity contribution in [1.29, 1.82) is 0 Å². The van der Waals surface area contributed by atoms with E-state index < -0.39 is 11.8 Å². The minimum Gasteiger partial charge on any atom is -0.487 e. The van der Waals surface area contributed by atoms with Crippen LogP contribution in [0, 0.1) is 0 Å². The molecule has 3 rings (SSSR count). The van der Waals surface area contributed by atoms with Crippen LogP contribution < -0.4 is 10.1 Å². The fraction of sp³-hybridized carbons (Fsp3) is 0.500. The van der Waals surface area contributed by atoms with Gasteiger partial charge in [0.1, 0.15) is 18.0 Å². The van der Waals surface area contributed by atoms with E-state index in [1.54, 1.807) is 28.5 Å². The van der Waals surface area contributed by atoms with E-state index in [1.807, 2.05) is 38.3 Å². The van der Waals surface area contributed by atoms with Crippen molar-refractivity contribution >= 4 is 29.1 Å². The summed E-state index contributed by atoms with van der Waals surface area (Å²) >= 11 is 1.63. The number of rotatable bonds is 6. The van der Waals surface area contributed by atoms with Crippen LogP contribution in [-0.2, 0) is 21.0 Å². The van der Waals surface area contributed by atoms with Gasteiger partial charge in [-0.1, -0.05) is 0 Å². The molecule has 8 nitrogen and oxygen atoms in total. The number of carbonyl (C=O) groups excluding carboxylic acids is 2. The molecular weight excluding hydrogens is 418 g/mol. The molecule has 1 saturated heterocycles. The number of hydroxylamine groups is 2. The Labute approximate surface area is 186 Å². The summed E-state index contributed by atoms with van der Waals surface area (Å²) in [6.07, 6.45) is 1.06. The number of hydrogen-bond acceptors (Lipinski definition) is 8. The Morgan fingerprint density at radius 1 is 1.19 bits per heavy atom. The second-order valence-corrected chi connectivity index (χ2v) is 9.32. The van der Waals surface area contributed by atoms with E-state index >= 15 is 0 Å². The number of thiazole rings is 1. The molecule has 1 aromatic carbocycles. The summed E-state index contributed by atoms with van der Waals surface area (Å²) in [5.74, 6) is 0.955. The summed E-state index contributed by atoms with van der Waals surface area (Å²) in [5.41, 5.74) is 1.05. The molecule has 168 valence electrons. The standard InChI is InChI=1S/C22H29N3O5S/c1-15(26)23-17-5-7-19(8-6-17)28-13-18-14-31-20(24-18)16-9-11-25(12-10-16)30-21(27)29-22(2,3)4/h5-8,14,16H,9-13H2,1-4H3,(H,23,26). The minimum atomic E-state index is -0.662. The van der Waals surface area contributed by atoms with E-state index in [-0.39, 0.29) is 5.91 Å². The lowest BCUT2D eigenvalue weighted by Gasteiger charge is -2.30. The van der Waals surface area contributed by atoms with Crippen molar-refractivity contribution in [3.05, 3.63) is 40.3 Å². The van der Waals surface area contributed by atoms with Gasteiger partial charge in [-0.25, -0.2) is 9.78 Å². The molecule has 1 amide bonds. The Hall–Kier alpha value is -2.65. The number of aromatic nitrogens is 1. The first kappa shape index (κ1) is 23.0. The third-order valence-electron chi connectivity index (χ3n) is 4.53. The number of benzene rings is 1. The highest BCUT2D eigenvalue weighted by molar-refractivity contribution is 7.09. The van der Waals surface area contributed by atoms with Crippen LogP contribution in [0.1, 0.15) is 57.2 Å². The Kier molecular flexibility index (Phi) is 7.50. The molecule has 0 saturated carbocycles. The Morgan fingerprint density at radius 2 is 1.87 bits per heavy atom. The highest BCUT2D eigenvalue weighted by Gasteiger charge is 2.27. The number of nitrogens with one attached hydrogen (secondary N) is 1. The van der Waals surface area contributed by atoms with Gasteiger partial charge >= 0.3 is 6.16 Å². The van der Waals surface area contributed by atoms with Crippen molar-refractivity contribution in [3.8, 4) is 5.75 Å². The van der Waals surface area contributed by atoms with Crippen molar-refractivity contribution in [1.82, 2.24) is 10.0 Å². The molecule has 0 atom stereocenters. The van der Waals surface area contributed by atoms with Gasteiger partial charge in [0.2, 0.25) is 5.91 Å². The summed E-state index contributed by atoms with van der Waals surface area (Å²) in [7, 11) is 0. The Balaban J connectivity index is 1.44. The molecule has 1 N–H and O–H groups in total. The van der Waals surface area contributed by atoms with Crippen LogP contribution in [0.15, 0.2) is 29.6 Å². The van der Waals surface area contributed by atoms with Gasteiger partial charge in [0, 0.05) is 37.0 Å². The van der Waals surface area contributed by atoms with E-state index in [0.29, 0.717) is 25.6 Å². The van der Waals surface area contributed by atoms with E-state index in [2.05, 4.69) is 5.32 Å². The zero-order chi connectivity index (χ0) is 22.4. The number of anilines is 1. The van der Waals surface area contributed by atoms with Gasteiger partial charge in [-0.2, -0.15) is 0 Å². The first-order chi connectivity index (χ1) is 14.7. The summed E-state index contributed by atoms with van der Waals surface area (Å²) in [6.45, 7) is 8.59. The molecule has 2 aromatic rings. The molecule has 9 heteroatoms. The molecule has 0 spiro atoms. The Bertz CT molecular complexity index is 883. The molecule has 1 aromatic heterocycles. The third-order valence-corrected chi connectivity index (χ3v) is 5.58. The topological polar surface area (TPSA) is 90.0 Å². The van der Waals surface area contributed by atoms with Crippen molar-refractivity contribution in [2.45, 2.75) is 58.7 Å². The number of hydrogen-bond donors (Lipinski definition) is 1. The molecule has 0 aliphatic carbocycles. The van der Waals surface area contributed by atoms with Crippen molar-refractivity contribution in [3.63, 3.8) is 0 Å². The van der Waals surface area contributed by atoms with E-state index in [4.69, 9.17) is 19.3 Å². The van der Waals surface area contributed by atoms with Crippen LogP contribution in [0.25, 0.3) is 0 Å². The zero-order valence-electron chi connectivity index (χ0n) is 18.3. The van der Waals surface area contributed by atoms with Crippen molar-refractivity contribution in [2.24, 2.45) is 0 Å². The van der Waals surface area contributed by atoms with Crippen molar-refractivity contribution in [2.75, 3.05) is 18.4 Å². The predicted octanol–water partition coefficient (Wildman–Crippen LogP) is 4.73. The molecule has 0 radical (unpaired) electrons. The smallest absolute Gasteiger partial charge is 0.487 e. The van der Waals surface area contributed by atoms with Gasteiger partial charge < -0.3 is 19.6 Å². The van der Waals surface area contributed by atoms with Gasteiger partial charge in [0.15, 0.2) is 0 Å². The van der Waals surface area contributed by atoms with E-state index in [9.17, 15) is 9.59 Å². The van der Waals surface area contributed by atoms with E-state index in [1.165, 1.54) is 6.92 Å². The second kappa shape index (κ2) is 10.1. The number of piperidine rings is 1. The molecular formula is C22H29N3O5S. The molecule has 1 aliphatic rings. The summed E-state index contributed by atoms with van der Waals surface area (Å²) in [4.78, 5) is 32.9. The minimum absolute atomic E-state index is 0.106. The van der Waals surface area contributed by atoms with Gasteiger partial charge in [0.25, 0.3) is 0 Å². The normalized spacial score (nSPS) is 15.4. The fourth-order valence-electron chi connectivity index (χ4n) is 3.14. The predicted molar refractivity (Wildman–Crippen MR) is 118 cm³/mol. The Morgan fingerprint density at radius 3 is 2.48 bits per heavy atom. The van der Waals surface area contributed by atoms with Crippen LogP contribution in [0.4, 0.5) is 10.5 Å². The average molecular weight is 448 g/mol. The van der Waals surface area contributed by atoms with Gasteiger partial charge in [-0.3, -0.25) is 4.79 Å². The lowest BCUT2D eigenvalue weighted by Crippen LogP contribution is -2.37. The number of nitrogens with zero attached hydrogens (tertiary/aromatic N) is 2. The monoisotopic (exact) mass is 447 g/mol. The second-order valence-electron chi connectivity index (χ2n) is 8.43. The summed E-state index contributed by atoms with van der Waals surface area (Å²) in [6, 6.07) is 7.24. The summed E-state index contributed by atoms with van der Waals surface area (Å²) < 4.78 is 11.0. The molecule has 0 unspecified atom stereocenters. The third kappa shape index (κ3) is 7.52. The SMILES string of the molecule is CC(=O)Nc1ccc(OCc2csc(C3CCN(OC(=O)OC(C)(C)C)CC3)n2)cc1. The quantitative estimate of drug-likeness (QED) is 0.641. The highest BCUT2D eigenvalue weighted by Crippen LogP contribution is 2.31. The van der Waals surface area contributed by atoms with Gasteiger partial charge in [-0.15, -0.1) is 16.4 Å². The zero-order valence-corrected chi connectivity index (χ0v) is 19.2. The average Bonchev–Trinajstić information content (AvgIpc) is 3.15. The van der Waals surface area contributed by atoms with Crippen LogP contribution >= 0.6 is 11.3 Å².